The van der Waals surface area contributed by atoms with E-state index >= 15 is 0 Å². The number of hydrogen-bond donors (Lipinski definition) is 0. The second-order valence-corrected chi connectivity index (χ2v) is 5.86. The number of likely N-dealkylation sites (tertiary alicyclic amines) is 1. The molecule has 3 aliphatic rings. The van der Waals surface area contributed by atoms with Gasteiger partial charge in [-0.3, -0.25) is 0 Å². The molecular weight excluding hydrogens is 194 g/mol. The van der Waals surface area contributed by atoms with Crippen molar-refractivity contribution in [3.8, 4) is 0 Å². The van der Waals surface area contributed by atoms with E-state index in [1.54, 1.807) is 11.1 Å². The zero-order chi connectivity index (χ0) is 11.0. The molecule has 1 heterocycles. The first-order valence-electron chi connectivity index (χ1n) is 6.89. The molecule has 1 saturated carbocycles. The van der Waals surface area contributed by atoms with Crippen LogP contribution in [0.2, 0.25) is 0 Å². The predicted octanol–water partition coefficient (Wildman–Crippen LogP) is 3.53. The Morgan fingerprint density at radius 1 is 1.06 bits per heavy atom. The van der Waals surface area contributed by atoms with Gasteiger partial charge in [0.2, 0.25) is 0 Å². The largest absolute Gasteiger partial charge is 0.306 e. The third kappa shape index (κ3) is 1.66. The van der Waals surface area contributed by atoms with Crippen LogP contribution in [-0.4, -0.2) is 25.0 Å². The van der Waals surface area contributed by atoms with E-state index in [0.717, 1.165) is 0 Å². The van der Waals surface area contributed by atoms with Crippen LogP contribution < -0.4 is 0 Å². The third-order valence-electron chi connectivity index (χ3n) is 4.87. The number of rotatable bonds is 0. The zero-order valence-electron chi connectivity index (χ0n) is 10.5. The maximum absolute atomic E-state index is 2.57. The van der Waals surface area contributed by atoms with Gasteiger partial charge >= 0.3 is 0 Å². The highest BCUT2D eigenvalue weighted by atomic mass is 15.1. The van der Waals surface area contributed by atoms with Crippen molar-refractivity contribution in [2.45, 2.75) is 44.9 Å². The minimum atomic E-state index is 0.580. The fourth-order valence-corrected chi connectivity index (χ4v) is 3.84. The molecule has 0 unspecified atom stereocenters. The summed E-state index contributed by atoms with van der Waals surface area (Å²) >= 11 is 0. The van der Waals surface area contributed by atoms with E-state index in [9.17, 15) is 0 Å². The molecule has 0 aromatic rings. The van der Waals surface area contributed by atoms with Crippen LogP contribution >= 0.6 is 0 Å². The fourth-order valence-electron chi connectivity index (χ4n) is 3.84. The molecule has 0 aromatic heterocycles. The van der Waals surface area contributed by atoms with Crippen LogP contribution in [0, 0.1) is 5.41 Å². The summed E-state index contributed by atoms with van der Waals surface area (Å²) in [6.07, 6.45) is 14.7. The lowest BCUT2D eigenvalue weighted by Crippen LogP contribution is -2.41. The summed E-state index contributed by atoms with van der Waals surface area (Å²) in [5.74, 6) is 0. The van der Waals surface area contributed by atoms with Crippen LogP contribution in [0.5, 0.6) is 0 Å². The van der Waals surface area contributed by atoms with E-state index in [4.69, 9.17) is 0 Å². The summed E-state index contributed by atoms with van der Waals surface area (Å²) in [5.41, 5.74) is 4.05. The summed E-state index contributed by atoms with van der Waals surface area (Å²) in [6.45, 7) is 2.59. The van der Waals surface area contributed by atoms with Crippen molar-refractivity contribution in [2.24, 2.45) is 5.41 Å². The van der Waals surface area contributed by atoms with Crippen molar-refractivity contribution in [3.63, 3.8) is 0 Å². The molecule has 0 aromatic carbocycles. The van der Waals surface area contributed by atoms with Gasteiger partial charge in [-0.15, -0.1) is 0 Å². The molecule has 1 aliphatic heterocycles. The molecule has 2 aliphatic carbocycles. The highest BCUT2D eigenvalue weighted by Gasteiger charge is 2.40. The maximum atomic E-state index is 2.57. The van der Waals surface area contributed by atoms with Gasteiger partial charge in [-0.1, -0.05) is 12.2 Å². The molecule has 0 amide bonds. The summed E-state index contributed by atoms with van der Waals surface area (Å²) in [4.78, 5) is 2.49. The molecule has 0 radical (unpaired) electrons. The second-order valence-electron chi connectivity index (χ2n) is 5.86. The van der Waals surface area contributed by atoms with Gasteiger partial charge in [-0.05, 0) is 81.6 Å². The van der Waals surface area contributed by atoms with Crippen LogP contribution in [-0.2, 0) is 0 Å². The van der Waals surface area contributed by atoms with Crippen molar-refractivity contribution in [2.75, 3.05) is 20.1 Å². The summed E-state index contributed by atoms with van der Waals surface area (Å²) in [5, 5.41) is 0. The summed E-state index contributed by atoms with van der Waals surface area (Å²) in [7, 11) is 2.27. The van der Waals surface area contributed by atoms with E-state index in [-0.39, 0.29) is 0 Å². The second kappa shape index (κ2) is 4.03. The molecule has 1 heteroatoms. The highest BCUT2D eigenvalue weighted by Crippen LogP contribution is 2.51. The van der Waals surface area contributed by atoms with Crippen LogP contribution in [0.1, 0.15) is 44.9 Å². The van der Waals surface area contributed by atoms with Gasteiger partial charge in [0.15, 0.2) is 0 Å². The molecule has 0 N–H and O–H groups in total. The molecule has 0 bridgehead atoms. The Labute approximate surface area is 99.2 Å². The van der Waals surface area contributed by atoms with Crippen molar-refractivity contribution < 1.29 is 0 Å². The number of hydrogen-bond acceptors (Lipinski definition) is 1. The van der Waals surface area contributed by atoms with E-state index in [2.05, 4.69) is 24.1 Å². The predicted molar refractivity (Wildman–Crippen MR) is 68.4 cm³/mol. The molecule has 1 spiro atoms. The Hall–Kier alpha value is -0.560. The number of fused-ring (bicyclic) bond motifs is 2. The van der Waals surface area contributed by atoms with E-state index < -0.39 is 0 Å². The quantitative estimate of drug-likeness (QED) is 0.600. The van der Waals surface area contributed by atoms with E-state index in [1.165, 1.54) is 58.0 Å². The van der Waals surface area contributed by atoms with Crippen LogP contribution in [0.15, 0.2) is 23.3 Å². The third-order valence-corrected chi connectivity index (χ3v) is 4.87. The Bertz CT molecular complexity index is 329. The first-order chi connectivity index (χ1) is 7.80. The Morgan fingerprint density at radius 3 is 2.62 bits per heavy atom. The van der Waals surface area contributed by atoms with Crippen molar-refractivity contribution >= 4 is 0 Å². The van der Waals surface area contributed by atoms with Gasteiger partial charge in [0.05, 0.1) is 0 Å². The SMILES string of the molecule is CN1CCC2(CCCC3=CCCC=C32)CC1. The fraction of sp³-hybridized carbons (Fsp3) is 0.733. The smallest absolute Gasteiger partial charge is 0.00133 e. The Morgan fingerprint density at radius 2 is 1.81 bits per heavy atom. The number of nitrogens with zero attached hydrogens (tertiary/aromatic N) is 1. The zero-order valence-corrected chi connectivity index (χ0v) is 10.5. The lowest BCUT2D eigenvalue weighted by molar-refractivity contribution is 0.136. The molecule has 0 atom stereocenters. The Balaban J connectivity index is 1.88. The first-order valence-corrected chi connectivity index (χ1v) is 6.89. The van der Waals surface area contributed by atoms with Gasteiger partial charge in [-0.2, -0.15) is 0 Å². The molecule has 1 saturated heterocycles. The van der Waals surface area contributed by atoms with Crippen LogP contribution in [0.3, 0.4) is 0 Å². The van der Waals surface area contributed by atoms with Crippen LogP contribution in [0.25, 0.3) is 0 Å². The van der Waals surface area contributed by atoms with Crippen LogP contribution in [0.4, 0.5) is 0 Å². The molecule has 16 heavy (non-hydrogen) atoms. The van der Waals surface area contributed by atoms with E-state index in [1.807, 2.05) is 0 Å². The van der Waals surface area contributed by atoms with Gasteiger partial charge in [-0.25, -0.2) is 0 Å². The van der Waals surface area contributed by atoms with Crippen molar-refractivity contribution in [1.82, 2.24) is 4.90 Å². The van der Waals surface area contributed by atoms with Gasteiger partial charge < -0.3 is 4.90 Å². The number of allylic oxidation sites excluding steroid dienone is 4. The van der Waals surface area contributed by atoms with Crippen molar-refractivity contribution in [3.05, 3.63) is 23.3 Å². The average molecular weight is 217 g/mol. The summed E-state index contributed by atoms with van der Waals surface area (Å²) < 4.78 is 0. The van der Waals surface area contributed by atoms with Gasteiger partial charge in [0.25, 0.3) is 0 Å². The Kier molecular flexibility index (Phi) is 2.67. The van der Waals surface area contributed by atoms with Gasteiger partial charge in [0, 0.05) is 0 Å². The van der Waals surface area contributed by atoms with E-state index in [0.29, 0.717) is 5.41 Å². The molecular formula is C15H23N. The minimum absolute atomic E-state index is 0.580. The van der Waals surface area contributed by atoms with Crippen molar-refractivity contribution in [1.29, 1.82) is 0 Å². The molecule has 3 rings (SSSR count). The minimum Gasteiger partial charge on any atom is -0.306 e. The molecule has 88 valence electrons. The molecule has 2 fully saturated rings. The summed E-state index contributed by atoms with van der Waals surface area (Å²) in [6, 6.07) is 0. The normalized spacial score (nSPS) is 29.6. The maximum Gasteiger partial charge on any atom is -0.00133 e. The first kappa shape index (κ1) is 10.6. The monoisotopic (exact) mass is 217 g/mol. The lowest BCUT2D eigenvalue weighted by Gasteiger charge is -2.47. The number of piperidine rings is 1. The average Bonchev–Trinajstić information content (AvgIpc) is 2.34. The van der Waals surface area contributed by atoms with Gasteiger partial charge in [0.1, 0.15) is 0 Å². The standard InChI is InChI=1S/C15H23N/c1-16-11-9-15(10-12-16)8-4-6-13-5-2-3-7-14(13)15/h5,7H,2-4,6,8-12H2,1H3. The highest BCUT2D eigenvalue weighted by molar-refractivity contribution is 5.41. The lowest BCUT2D eigenvalue weighted by atomic mass is 9.62. The topological polar surface area (TPSA) is 3.24 Å². The molecule has 1 nitrogen and oxygen atoms in total.